The van der Waals surface area contributed by atoms with Crippen molar-refractivity contribution in [3.63, 3.8) is 0 Å². The first-order chi connectivity index (χ1) is 14.1. The Morgan fingerprint density at radius 1 is 1.28 bits per heavy atom. The van der Waals surface area contributed by atoms with Crippen LogP contribution in [0.15, 0.2) is 36.7 Å². The third-order valence-electron chi connectivity index (χ3n) is 5.44. The van der Waals surface area contributed by atoms with Crippen LogP contribution >= 0.6 is 11.6 Å². The van der Waals surface area contributed by atoms with Gasteiger partial charge in [0.15, 0.2) is 0 Å². The Bertz CT molecular complexity index is 1160. The number of fused-ring (bicyclic) bond motifs is 2. The van der Waals surface area contributed by atoms with Gasteiger partial charge < -0.3 is 15.8 Å². The first-order valence-corrected chi connectivity index (χ1v) is 9.99. The Morgan fingerprint density at radius 3 is 2.76 bits per heavy atom. The van der Waals surface area contributed by atoms with E-state index in [4.69, 9.17) is 32.2 Å². The van der Waals surface area contributed by atoms with Crippen LogP contribution in [0.25, 0.3) is 27.8 Å². The number of benzene rings is 1. The zero-order valence-electron chi connectivity index (χ0n) is 15.8. The van der Waals surface area contributed by atoms with Crippen LogP contribution in [0.5, 0.6) is 0 Å². The van der Waals surface area contributed by atoms with Crippen molar-refractivity contribution in [2.45, 2.75) is 38.0 Å². The number of carboxylic acid groups (broad SMARTS) is 1. The molecule has 8 heteroatoms. The Morgan fingerprint density at radius 2 is 2.03 bits per heavy atom. The highest BCUT2D eigenvalue weighted by molar-refractivity contribution is 6.35. The highest BCUT2D eigenvalue weighted by Crippen LogP contribution is 2.37. The normalized spacial score (nSPS) is 14.7. The monoisotopic (exact) mass is 411 g/mol. The number of aromatic amines is 1. The van der Waals surface area contributed by atoms with E-state index in [9.17, 15) is 0 Å². The molecule has 3 heterocycles. The third-order valence-corrected chi connectivity index (χ3v) is 5.76. The lowest BCUT2D eigenvalue weighted by atomic mass is 9.89. The van der Waals surface area contributed by atoms with Gasteiger partial charge in [-0.15, -0.1) is 0 Å². The molecule has 4 aromatic rings. The second-order valence-corrected chi connectivity index (χ2v) is 7.58. The van der Waals surface area contributed by atoms with Crippen molar-refractivity contribution in [1.82, 2.24) is 19.4 Å². The molecule has 0 aliphatic heterocycles. The fourth-order valence-electron chi connectivity index (χ4n) is 4.17. The maximum absolute atomic E-state index is 8.36. The van der Waals surface area contributed by atoms with E-state index in [2.05, 4.69) is 20.4 Å². The summed E-state index contributed by atoms with van der Waals surface area (Å²) in [6.07, 6.45) is 9.93. The van der Waals surface area contributed by atoms with Gasteiger partial charge in [0.05, 0.1) is 16.2 Å². The number of nitrogens with two attached hydrogens (primary N) is 1. The van der Waals surface area contributed by atoms with Crippen molar-refractivity contribution in [3.05, 3.63) is 47.5 Å². The van der Waals surface area contributed by atoms with Crippen LogP contribution in [0.4, 0.5) is 5.82 Å². The molecule has 1 aliphatic rings. The zero-order chi connectivity index (χ0) is 20.4. The number of anilines is 1. The summed E-state index contributed by atoms with van der Waals surface area (Å²) in [6, 6.07) is 7.97. The molecular weight excluding hydrogens is 390 g/mol. The summed E-state index contributed by atoms with van der Waals surface area (Å²) in [5.74, 6) is 2.06. The van der Waals surface area contributed by atoms with Gasteiger partial charge in [0.25, 0.3) is 6.47 Å². The highest BCUT2D eigenvalue weighted by Gasteiger charge is 2.24. The number of halogens is 1. The van der Waals surface area contributed by atoms with Crippen molar-refractivity contribution < 1.29 is 9.90 Å². The molecule has 7 nitrogen and oxygen atoms in total. The molecule has 1 fully saturated rings. The summed E-state index contributed by atoms with van der Waals surface area (Å²) in [5.41, 5.74) is 9.82. The molecule has 0 saturated heterocycles. The molecule has 4 N–H and O–H groups in total. The molecule has 0 atom stereocenters. The van der Waals surface area contributed by atoms with Crippen molar-refractivity contribution in [1.29, 1.82) is 0 Å². The molecule has 150 valence electrons. The minimum Gasteiger partial charge on any atom is -0.483 e. The van der Waals surface area contributed by atoms with Crippen molar-refractivity contribution in [2.75, 3.05) is 5.73 Å². The fraction of sp³-hybridized carbons (Fsp3) is 0.286. The van der Waals surface area contributed by atoms with Gasteiger partial charge in [-0.1, -0.05) is 43.0 Å². The third kappa shape index (κ3) is 3.53. The van der Waals surface area contributed by atoms with E-state index in [-0.39, 0.29) is 6.47 Å². The van der Waals surface area contributed by atoms with Crippen molar-refractivity contribution in [2.24, 2.45) is 0 Å². The van der Waals surface area contributed by atoms with Gasteiger partial charge in [-0.2, -0.15) is 0 Å². The molecule has 0 amide bonds. The summed E-state index contributed by atoms with van der Waals surface area (Å²) in [4.78, 5) is 21.1. The Hall–Kier alpha value is -3.06. The molecule has 0 radical (unpaired) electrons. The second kappa shape index (κ2) is 8.13. The molecule has 5 rings (SSSR count). The van der Waals surface area contributed by atoms with E-state index in [0.717, 1.165) is 33.6 Å². The predicted molar refractivity (Wildman–Crippen MR) is 114 cm³/mol. The van der Waals surface area contributed by atoms with Gasteiger partial charge in [0.2, 0.25) is 0 Å². The minimum atomic E-state index is -0.250. The summed E-state index contributed by atoms with van der Waals surface area (Å²) in [6.45, 7) is -0.250. The second-order valence-electron chi connectivity index (χ2n) is 7.18. The number of nitrogens with zero attached hydrogens (tertiary/aromatic N) is 3. The topological polar surface area (TPSA) is 109 Å². The maximum atomic E-state index is 8.36. The Balaban J connectivity index is 0.000000645. The van der Waals surface area contributed by atoms with Crippen LogP contribution in [0.2, 0.25) is 5.02 Å². The first-order valence-electron chi connectivity index (χ1n) is 9.62. The maximum Gasteiger partial charge on any atom is 0.290 e. The fourth-order valence-corrected chi connectivity index (χ4v) is 4.40. The minimum absolute atomic E-state index is 0.250. The number of hydrogen-bond donors (Lipinski definition) is 3. The van der Waals surface area contributed by atoms with E-state index in [1.54, 1.807) is 6.20 Å². The number of imidazole rings is 1. The summed E-state index contributed by atoms with van der Waals surface area (Å²) in [5, 5.41) is 8.66. The first kappa shape index (κ1) is 19.3. The van der Waals surface area contributed by atoms with Crippen LogP contribution < -0.4 is 5.73 Å². The van der Waals surface area contributed by atoms with E-state index in [0.29, 0.717) is 16.8 Å². The zero-order valence-corrected chi connectivity index (χ0v) is 16.6. The Labute approximate surface area is 172 Å². The Kier molecular flexibility index (Phi) is 5.40. The number of aromatic nitrogens is 4. The standard InChI is InChI=1S/C20H20ClN5.CH2O2/c21-14-8-4-7-13-11-15(24-16(13)14)17-18-19(22)23-9-10-26(18)20(25-17)12-5-2-1-3-6-12;2-1-3/h4,7-12,24H,1-3,5-6H2,(H2,22,23);1H,(H,2,3). The number of hydrogen-bond acceptors (Lipinski definition) is 4. The summed E-state index contributed by atoms with van der Waals surface area (Å²) < 4.78 is 2.13. The number of nitrogens with one attached hydrogen (secondary N) is 1. The number of carbonyl (C=O) groups is 1. The lowest BCUT2D eigenvalue weighted by Gasteiger charge is -2.20. The molecule has 0 spiro atoms. The van der Waals surface area contributed by atoms with Crippen molar-refractivity contribution in [3.8, 4) is 11.4 Å². The number of nitrogen functional groups attached to an aromatic ring is 1. The molecule has 1 saturated carbocycles. The van der Waals surface area contributed by atoms with Gasteiger partial charge in [0, 0.05) is 23.7 Å². The lowest BCUT2D eigenvalue weighted by molar-refractivity contribution is -0.122. The molecule has 3 aromatic heterocycles. The largest absolute Gasteiger partial charge is 0.483 e. The molecule has 1 aliphatic carbocycles. The number of H-pyrrole nitrogens is 1. The van der Waals surface area contributed by atoms with Crippen LogP contribution in [0.3, 0.4) is 0 Å². The van der Waals surface area contributed by atoms with Crippen LogP contribution in [-0.4, -0.2) is 30.9 Å². The molecule has 0 bridgehead atoms. The average Bonchev–Trinajstić information content (AvgIpc) is 3.33. The predicted octanol–water partition coefficient (Wildman–Crippen LogP) is 4.86. The number of para-hydroxylation sites is 1. The SMILES string of the molecule is Nc1nccn2c(C3CCCCC3)nc(-c3cc4cccc(Cl)c4[nH]3)c12.O=CO. The molecule has 1 aromatic carbocycles. The van der Waals surface area contributed by atoms with Crippen LogP contribution in [0, 0.1) is 0 Å². The average molecular weight is 412 g/mol. The van der Waals surface area contributed by atoms with Crippen LogP contribution in [0.1, 0.15) is 43.8 Å². The van der Waals surface area contributed by atoms with Crippen molar-refractivity contribution >= 4 is 40.3 Å². The highest BCUT2D eigenvalue weighted by atomic mass is 35.5. The van der Waals surface area contributed by atoms with Gasteiger partial charge >= 0.3 is 0 Å². The molecule has 0 unspecified atom stereocenters. The van der Waals surface area contributed by atoms with E-state index >= 15 is 0 Å². The van der Waals surface area contributed by atoms with E-state index in [1.807, 2.05) is 24.4 Å². The van der Waals surface area contributed by atoms with Crippen LogP contribution in [-0.2, 0) is 4.79 Å². The van der Waals surface area contributed by atoms with Gasteiger partial charge in [0.1, 0.15) is 22.9 Å². The van der Waals surface area contributed by atoms with Gasteiger partial charge in [-0.3, -0.25) is 9.20 Å². The van der Waals surface area contributed by atoms with E-state index in [1.165, 1.54) is 32.1 Å². The molecule has 29 heavy (non-hydrogen) atoms. The van der Waals surface area contributed by atoms with Gasteiger partial charge in [-0.25, -0.2) is 9.97 Å². The summed E-state index contributed by atoms with van der Waals surface area (Å²) in [7, 11) is 0. The quantitative estimate of drug-likeness (QED) is 0.408. The molecular formula is C21H22ClN5O2. The van der Waals surface area contributed by atoms with Gasteiger partial charge in [-0.05, 0) is 25.0 Å². The smallest absolute Gasteiger partial charge is 0.290 e. The van der Waals surface area contributed by atoms with E-state index < -0.39 is 0 Å². The summed E-state index contributed by atoms with van der Waals surface area (Å²) >= 11 is 6.34. The number of rotatable bonds is 2. The lowest BCUT2D eigenvalue weighted by Crippen LogP contribution is -2.09.